The first-order valence-electron chi connectivity index (χ1n) is 5.28. The van der Waals surface area contributed by atoms with Crippen LogP contribution in [0.1, 0.15) is 38.7 Å². The van der Waals surface area contributed by atoms with Crippen LogP contribution in [0.15, 0.2) is 24.3 Å². The Balaban J connectivity index is 2.32. The topological polar surface area (TPSA) is 0 Å². The second-order valence-corrected chi connectivity index (χ2v) is 3.86. The summed E-state index contributed by atoms with van der Waals surface area (Å²) < 4.78 is 0. The van der Waals surface area contributed by atoms with E-state index in [1.807, 2.05) is 12.1 Å². The Morgan fingerprint density at radius 3 is 2.62 bits per heavy atom. The Kier molecular flexibility index (Phi) is 4.59. The van der Waals surface area contributed by atoms with Gasteiger partial charge in [0.15, 0.2) is 0 Å². The smallest absolute Gasteiger partial charge is 0.0184 e. The standard InChI is InChI=1S/C13H19/c1-3-4-8-12(2)11-13-9-6-5-7-10-13/h6-7,9-10,12H,3-4,8,11H2,1-2H3. The lowest BCUT2D eigenvalue weighted by Gasteiger charge is -2.09. The van der Waals surface area contributed by atoms with E-state index in [4.69, 9.17) is 0 Å². The predicted octanol–water partition coefficient (Wildman–Crippen LogP) is 3.86. The third-order valence-corrected chi connectivity index (χ3v) is 2.42. The molecule has 0 saturated heterocycles. The Labute approximate surface area is 82.0 Å². The van der Waals surface area contributed by atoms with Crippen molar-refractivity contribution in [1.29, 1.82) is 0 Å². The highest BCUT2D eigenvalue weighted by atomic mass is 14.1. The molecule has 0 spiro atoms. The summed E-state index contributed by atoms with van der Waals surface area (Å²) in [6.07, 6.45) is 5.25. The third-order valence-electron chi connectivity index (χ3n) is 2.42. The molecule has 0 nitrogen and oxygen atoms in total. The van der Waals surface area contributed by atoms with Crippen molar-refractivity contribution in [1.82, 2.24) is 0 Å². The number of rotatable bonds is 5. The molecule has 1 unspecified atom stereocenters. The molecule has 1 aromatic carbocycles. The number of hydrogen-bond acceptors (Lipinski definition) is 0. The van der Waals surface area contributed by atoms with Crippen LogP contribution in [0.5, 0.6) is 0 Å². The van der Waals surface area contributed by atoms with E-state index in [9.17, 15) is 0 Å². The summed E-state index contributed by atoms with van der Waals surface area (Å²) in [5, 5.41) is 0. The highest BCUT2D eigenvalue weighted by Crippen LogP contribution is 2.13. The molecule has 13 heavy (non-hydrogen) atoms. The van der Waals surface area contributed by atoms with E-state index in [0.29, 0.717) is 0 Å². The van der Waals surface area contributed by atoms with Crippen LogP contribution >= 0.6 is 0 Å². The maximum Gasteiger partial charge on any atom is -0.0184 e. The maximum absolute atomic E-state index is 3.05. The molecule has 1 rings (SSSR count). The van der Waals surface area contributed by atoms with E-state index >= 15 is 0 Å². The van der Waals surface area contributed by atoms with Gasteiger partial charge in [0.25, 0.3) is 0 Å². The lowest BCUT2D eigenvalue weighted by molar-refractivity contribution is 0.503. The number of unbranched alkanes of at least 4 members (excludes halogenated alkanes) is 1. The van der Waals surface area contributed by atoms with Gasteiger partial charge in [0.05, 0.1) is 0 Å². The lowest BCUT2D eigenvalue weighted by Crippen LogP contribution is -1.99. The van der Waals surface area contributed by atoms with Crippen LogP contribution in [0.3, 0.4) is 0 Å². The van der Waals surface area contributed by atoms with Gasteiger partial charge in [0.2, 0.25) is 0 Å². The molecular weight excluding hydrogens is 156 g/mol. The molecule has 0 amide bonds. The molecule has 1 aromatic rings. The summed E-state index contributed by atoms with van der Waals surface area (Å²) in [5.41, 5.74) is 1.45. The highest BCUT2D eigenvalue weighted by molar-refractivity contribution is 5.14. The van der Waals surface area contributed by atoms with Crippen LogP contribution in [0.2, 0.25) is 0 Å². The summed E-state index contributed by atoms with van der Waals surface area (Å²) in [6.45, 7) is 4.59. The summed E-state index contributed by atoms with van der Waals surface area (Å²) in [5.74, 6) is 0.822. The van der Waals surface area contributed by atoms with Gasteiger partial charge in [0.1, 0.15) is 0 Å². The van der Waals surface area contributed by atoms with Crippen molar-refractivity contribution in [2.45, 2.75) is 39.5 Å². The fraction of sp³-hybridized carbons (Fsp3) is 0.538. The van der Waals surface area contributed by atoms with Gasteiger partial charge < -0.3 is 0 Å². The van der Waals surface area contributed by atoms with Crippen molar-refractivity contribution in [3.8, 4) is 0 Å². The van der Waals surface area contributed by atoms with Gasteiger partial charge in [-0.25, -0.2) is 0 Å². The fourth-order valence-electron chi connectivity index (χ4n) is 1.61. The minimum absolute atomic E-state index is 0.822. The molecule has 0 aromatic heterocycles. The molecule has 0 aliphatic heterocycles. The van der Waals surface area contributed by atoms with Gasteiger partial charge >= 0.3 is 0 Å². The summed E-state index contributed by atoms with van der Waals surface area (Å²) in [6, 6.07) is 11.4. The molecule has 0 N–H and O–H groups in total. The second-order valence-electron chi connectivity index (χ2n) is 3.86. The van der Waals surface area contributed by atoms with Gasteiger partial charge in [0, 0.05) is 0 Å². The van der Waals surface area contributed by atoms with E-state index < -0.39 is 0 Å². The molecule has 0 bridgehead atoms. The van der Waals surface area contributed by atoms with Crippen molar-refractivity contribution in [3.05, 3.63) is 35.9 Å². The number of benzene rings is 1. The van der Waals surface area contributed by atoms with Gasteiger partial charge in [-0.3, -0.25) is 0 Å². The monoisotopic (exact) mass is 175 g/mol. The molecule has 0 fully saturated rings. The number of hydrogen-bond donors (Lipinski definition) is 0. The zero-order valence-electron chi connectivity index (χ0n) is 8.72. The van der Waals surface area contributed by atoms with E-state index in [2.05, 4.69) is 32.0 Å². The second kappa shape index (κ2) is 5.80. The van der Waals surface area contributed by atoms with Crippen LogP contribution in [-0.2, 0) is 6.42 Å². The van der Waals surface area contributed by atoms with Gasteiger partial charge in [-0.2, -0.15) is 0 Å². The largest absolute Gasteiger partial charge is 0.0654 e. The van der Waals surface area contributed by atoms with Crippen LogP contribution in [0.4, 0.5) is 0 Å². The molecule has 0 aliphatic rings. The minimum Gasteiger partial charge on any atom is -0.0654 e. The van der Waals surface area contributed by atoms with E-state index in [1.165, 1.54) is 31.2 Å². The molecule has 0 heterocycles. The normalized spacial score (nSPS) is 12.8. The third kappa shape index (κ3) is 4.12. The summed E-state index contributed by atoms with van der Waals surface area (Å²) in [4.78, 5) is 0. The van der Waals surface area contributed by atoms with Gasteiger partial charge in [-0.1, -0.05) is 57.4 Å². The SMILES string of the molecule is CCCCC(C)Cc1cc[c]cc1. The van der Waals surface area contributed by atoms with Crippen LogP contribution in [0.25, 0.3) is 0 Å². The summed E-state index contributed by atoms with van der Waals surface area (Å²) in [7, 11) is 0. The first-order chi connectivity index (χ1) is 6.33. The molecular formula is C13H19. The Bertz CT molecular complexity index is 213. The van der Waals surface area contributed by atoms with E-state index in [0.717, 1.165) is 5.92 Å². The lowest BCUT2D eigenvalue weighted by atomic mass is 9.96. The minimum atomic E-state index is 0.822. The van der Waals surface area contributed by atoms with Gasteiger partial charge in [-0.05, 0) is 24.0 Å². The zero-order valence-corrected chi connectivity index (χ0v) is 8.72. The first kappa shape index (κ1) is 10.3. The predicted molar refractivity (Wildman–Crippen MR) is 57.7 cm³/mol. The summed E-state index contributed by atoms with van der Waals surface area (Å²) >= 11 is 0. The van der Waals surface area contributed by atoms with Crippen LogP contribution in [0, 0.1) is 12.0 Å². The van der Waals surface area contributed by atoms with E-state index in [-0.39, 0.29) is 0 Å². The van der Waals surface area contributed by atoms with Crippen LogP contribution < -0.4 is 0 Å². The average Bonchev–Trinajstić information content (AvgIpc) is 2.16. The highest BCUT2D eigenvalue weighted by Gasteiger charge is 2.01. The van der Waals surface area contributed by atoms with Crippen LogP contribution in [-0.4, -0.2) is 0 Å². The molecule has 0 heteroatoms. The van der Waals surface area contributed by atoms with Crippen molar-refractivity contribution < 1.29 is 0 Å². The van der Waals surface area contributed by atoms with Gasteiger partial charge in [-0.15, -0.1) is 0 Å². The maximum atomic E-state index is 3.05. The van der Waals surface area contributed by atoms with E-state index in [1.54, 1.807) is 0 Å². The Morgan fingerprint density at radius 1 is 1.31 bits per heavy atom. The quantitative estimate of drug-likeness (QED) is 0.637. The average molecular weight is 175 g/mol. The zero-order chi connectivity index (χ0) is 9.52. The van der Waals surface area contributed by atoms with Crippen molar-refractivity contribution in [2.75, 3.05) is 0 Å². The Hall–Kier alpha value is -0.780. The molecule has 0 aliphatic carbocycles. The van der Waals surface area contributed by atoms with Crippen molar-refractivity contribution in [3.63, 3.8) is 0 Å². The molecule has 0 saturated carbocycles. The fourth-order valence-corrected chi connectivity index (χ4v) is 1.61. The van der Waals surface area contributed by atoms with Crippen molar-refractivity contribution in [2.24, 2.45) is 5.92 Å². The Morgan fingerprint density at radius 2 is 2.00 bits per heavy atom. The molecule has 1 atom stereocenters. The van der Waals surface area contributed by atoms with Crippen molar-refractivity contribution >= 4 is 0 Å². The molecule has 71 valence electrons. The molecule has 1 radical (unpaired) electrons. The first-order valence-corrected chi connectivity index (χ1v) is 5.28.